The number of benzene rings is 2. The molecule has 1 unspecified atom stereocenters. The molecule has 0 heterocycles. The second-order valence-corrected chi connectivity index (χ2v) is 5.58. The van der Waals surface area contributed by atoms with Crippen molar-refractivity contribution in [3.63, 3.8) is 0 Å². The lowest BCUT2D eigenvalue weighted by molar-refractivity contribution is 0.409. The Labute approximate surface area is 131 Å². The van der Waals surface area contributed by atoms with Crippen LogP contribution in [0.5, 0.6) is 5.75 Å². The molecule has 0 bridgehead atoms. The normalized spacial score (nSPS) is 12.2. The molecule has 0 radical (unpaired) electrons. The van der Waals surface area contributed by atoms with Crippen LogP contribution in [0, 0.1) is 11.6 Å². The second kappa shape index (κ2) is 7.00. The van der Waals surface area contributed by atoms with Gasteiger partial charge in [-0.3, -0.25) is 0 Å². The summed E-state index contributed by atoms with van der Waals surface area (Å²) in [5.41, 5.74) is 1.01. The standard InChI is InChI=1S/C16H16BrF2NO/c1-20-16(8-10-7-11(17)3-6-14(10)18)13-5-4-12(21-2)9-15(13)19/h3-7,9,16,20H,8H2,1-2H3. The molecular weight excluding hydrogens is 340 g/mol. The minimum atomic E-state index is -0.371. The van der Waals surface area contributed by atoms with Crippen molar-refractivity contribution in [2.75, 3.05) is 14.2 Å². The zero-order chi connectivity index (χ0) is 15.4. The van der Waals surface area contributed by atoms with Crippen LogP contribution in [0.1, 0.15) is 17.2 Å². The van der Waals surface area contributed by atoms with Crippen molar-refractivity contribution in [1.29, 1.82) is 0 Å². The largest absolute Gasteiger partial charge is 0.497 e. The summed E-state index contributed by atoms with van der Waals surface area (Å²) in [6, 6.07) is 9.11. The topological polar surface area (TPSA) is 21.3 Å². The summed E-state index contributed by atoms with van der Waals surface area (Å²) >= 11 is 3.32. The monoisotopic (exact) mass is 355 g/mol. The minimum absolute atomic E-state index is 0.299. The Morgan fingerprint density at radius 2 is 1.90 bits per heavy atom. The van der Waals surface area contributed by atoms with Crippen LogP contribution >= 0.6 is 15.9 Å². The van der Waals surface area contributed by atoms with Crippen molar-refractivity contribution in [3.8, 4) is 5.75 Å². The van der Waals surface area contributed by atoms with Gasteiger partial charge in [0.1, 0.15) is 17.4 Å². The quantitative estimate of drug-likeness (QED) is 0.865. The Hall–Kier alpha value is -1.46. The van der Waals surface area contributed by atoms with Crippen LogP contribution in [-0.2, 0) is 6.42 Å². The highest BCUT2D eigenvalue weighted by molar-refractivity contribution is 9.10. The number of likely N-dealkylation sites (N-methyl/N-ethyl adjacent to an activating group) is 1. The van der Waals surface area contributed by atoms with E-state index >= 15 is 0 Å². The Bertz CT molecular complexity index is 634. The number of methoxy groups -OCH3 is 1. The predicted molar refractivity (Wildman–Crippen MR) is 82.6 cm³/mol. The molecule has 0 aliphatic rings. The van der Waals surface area contributed by atoms with Crippen molar-refractivity contribution < 1.29 is 13.5 Å². The van der Waals surface area contributed by atoms with Crippen LogP contribution in [0.2, 0.25) is 0 Å². The number of hydrogen-bond donors (Lipinski definition) is 1. The Morgan fingerprint density at radius 3 is 2.52 bits per heavy atom. The van der Waals surface area contributed by atoms with Crippen LogP contribution in [0.3, 0.4) is 0 Å². The third kappa shape index (κ3) is 3.80. The predicted octanol–water partition coefficient (Wildman–Crippen LogP) is 4.24. The summed E-state index contributed by atoms with van der Waals surface area (Å²) < 4.78 is 33.8. The van der Waals surface area contributed by atoms with Gasteiger partial charge in [-0.1, -0.05) is 22.0 Å². The zero-order valence-corrected chi connectivity index (χ0v) is 13.4. The lowest BCUT2D eigenvalue weighted by Crippen LogP contribution is -2.20. The van der Waals surface area contributed by atoms with Crippen molar-refractivity contribution >= 4 is 15.9 Å². The van der Waals surface area contributed by atoms with Gasteiger partial charge in [0.2, 0.25) is 0 Å². The van der Waals surface area contributed by atoms with Crippen molar-refractivity contribution in [2.45, 2.75) is 12.5 Å². The van der Waals surface area contributed by atoms with Crippen LogP contribution < -0.4 is 10.1 Å². The van der Waals surface area contributed by atoms with Gasteiger partial charge in [-0.25, -0.2) is 8.78 Å². The van der Waals surface area contributed by atoms with E-state index in [1.165, 1.54) is 19.2 Å². The number of hydrogen-bond acceptors (Lipinski definition) is 2. The van der Waals surface area contributed by atoms with Crippen LogP contribution in [-0.4, -0.2) is 14.2 Å². The molecule has 2 nitrogen and oxygen atoms in total. The maximum Gasteiger partial charge on any atom is 0.131 e. The number of ether oxygens (including phenoxy) is 1. The summed E-state index contributed by atoms with van der Waals surface area (Å²) in [5, 5.41) is 3.03. The molecule has 0 aliphatic carbocycles. The van der Waals surface area contributed by atoms with Crippen LogP contribution in [0.4, 0.5) is 8.78 Å². The number of rotatable bonds is 5. The SMILES string of the molecule is CNC(Cc1cc(Br)ccc1F)c1ccc(OC)cc1F. The van der Waals surface area contributed by atoms with Gasteiger partial charge in [0, 0.05) is 22.1 Å². The highest BCUT2D eigenvalue weighted by Gasteiger charge is 2.17. The lowest BCUT2D eigenvalue weighted by Gasteiger charge is -2.18. The fourth-order valence-electron chi connectivity index (χ4n) is 2.20. The number of halogens is 3. The highest BCUT2D eigenvalue weighted by atomic mass is 79.9. The first-order valence-electron chi connectivity index (χ1n) is 6.49. The smallest absolute Gasteiger partial charge is 0.131 e. The lowest BCUT2D eigenvalue weighted by atomic mass is 9.98. The summed E-state index contributed by atoms with van der Waals surface area (Å²) in [4.78, 5) is 0. The molecule has 5 heteroatoms. The van der Waals surface area contributed by atoms with E-state index in [0.29, 0.717) is 23.3 Å². The molecule has 0 saturated heterocycles. The highest BCUT2D eigenvalue weighted by Crippen LogP contribution is 2.26. The average Bonchev–Trinajstić information content (AvgIpc) is 2.48. The molecular formula is C16H16BrF2NO. The van der Waals surface area contributed by atoms with Crippen molar-refractivity contribution in [3.05, 3.63) is 63.6 Å². The molecule has 0 fully saturated rings. The van der Waals surface area contributed by atoms with Gasteiger partial charge in [-0.05, 0) is 43.3 Å². The summed E-state index contributed by atoms with van der Waals surface area (Å²) in [7, 11) is 3.21. The summed E-state index contributed by atoms with van der Waals surface area (Å²) in [6.45, 7) is 0. The molecule has 1 N–H and O–H groups in total. The minimum Gasteiger partial charge on any atom is -0.497 e. The van der Waals surface area contributed by atoms with Gasteiger partial charge in [0.05, 0.1) is 7.11 Å². The Balaban J connectivity index is 2.29. The fraction of sp³-hybridized carbons (Fsp3) is 0.250. The van der Waals surface area contributed by atoms with E-state index in [0.717, 1.165) is 4.47 Å². The fourth-order valence-corrected chi connectivity index (χ4v) is 2.61. The molecule has 0 saturated carbocycles. The molecule has 112 valence electrons. The van der Waals surface area contributed by atoms with Gasteiger partial charge >= 0.3 is 0 Å². The maximum atomic E-state index is 14.1. The first kappa shape index (κ1) is 15.9. The van der Waals surface area contributed by atoms with Gasteiger partial charge in [0.25, 0.3) is 0 Å². The van der Waals surface area contributed by atoms with Gasteiger partial charge in [-0.15, -0.1) is 0 Å². The Kier molecular flexibility index (Phi) is 5.31. The molecule has 2 aromatic rings. The average molecular weight is 356 g/mol. The van der Waals surface area contributed by atoms with E-state index in [1.807, 2.05) is 0 Å². The first-order valence-corrected chi connectivity index (χ1v) is 7.29. The van der Waals surface area contributed by atoms with E-state index in [4.69, 9.17) is 4.74 Å². The Morgan fingerprint density at radius 1 is 1.14 bits per heavy atom. The zero-order valence-electron chi connectivity index (χ0n) is 11.8. The van der Waals surface area contributed by atoms with Gasteiger partial charge < -0.3 is 10.1 Å². The molecule has 1 atom stereocenters. The third-order valence-corrected chi connectivity index (χ3v) is 3.86. The first-order chi connectivity index (χ1) is 10.0. The molecule has 0 aliphatic heterocycles. The van der Waals surface area contributed by atoms with Gasteiger partial charge in [-0.2, -0.15) is 0 Å². The van der Waals surface area contributed by atoms with E-state index in [-0.39, 0.29) is 17.7 Å². The molecule has 0 amide bonds. The summed E-state index contributed by atoms with van der Waals surface area (Å²) in [6.07, 6.45) is 0.352. The number of nitrogens with one attached hydrogen (secondary N) is 1. The summed E-state index contributed by atoms with van der Waals surface area (Å²) in [5.74, 6) is -0.212. The van der Waals surface area contributed by atoms with Gasteiger partial charge in [0.15, 0.2) is 0 Å². The third-order valence-electron chi connectivity index (χ3n) is 3.36. The molecule has 0 spiro atoms. The van der Waals surface area contributed by atoms with E-state index < -0.39 is 0 Å². The van der Waals surface area contributed by atoms with Crippen molar-refractivity contribution in [2.24, 2.45) is 0 Å². The van der Waals surface area contributed by atoms with E-state index in [2.05, 4.69) is 21.2 Å². The molecule has 0 aromatic heterocycles. The second-order valence-electron chi connectivity index (χ2n) is 4.67. The van der Waals surface area contributed by atoms with Crippen LogP contribution in [0.15, 0.2) is 40.9 Å². The maximum absolute atomic E-state index is 14.1. The van der Waals surface area contributed by atoms with E-state index in [1.54, 1.807) is 31.3 Å². The van der Waals surface area contributed by atoms with E-state index in [9.17, 15) is 8.78 Å². The van der Waals surface area contributed by atoms with Crippen LogP contribution in [0.25, 0.3) is 0 Å². The molecule has 21 heavy (non-hydrogen) atoms. The molecule has 2 rings (SSSR count). The molecule has 2 aromatic carbocycles. The van der Waals surface area contributed by atoms with Crippen molar-refractivity contribution in [1.82, 2.24) is 5.32 Å².